The first-order valence-electron chi connectivity index (χ1n) is 11.3. The van der Waals surface area contributed by atoms with Crippen LogP contribution < -0.4 is 11.1 Å². The molecule has 1 aliphatic heterocycles. The number of fused-ring (bicyclic) bond motifs is 3. The Morgan fingerprint density at radius 3 is 2.40 bits per heavy atom. The highest BCUT2D eigenvalue weighted by Gasteiger charge is 2.23. The summed E-state index contributed by atoms with van der Waals surface area (Å²) in [5.74, 6) is 0.283. The quantitative estimate of drug-likeness (QED) is 0.402. The summed E-state index contributed by atoms with van der Waals surface area (Å²) in [6.45, 7) is 3.01. The van der Waals surface area contributed by atoms with Crippen LogP contribution in [-0.4, -0.2) is 43.7 Å². The Balaban J connectivity index is 1.25. The van der Waals surface area contributed by atoms with E-state index < -0.39 is 0 Å². The topological polar surface area (TPSA) is 123 Å². The van der Waals surface area contributed by atoms with Crippen molar-refractivity contribution in [1.29, 1.82) is 0 Å². The predicted octanol–water partition coefficient (Wildman–Crippen LogP) is 2.45. The number of nitrogen functional groups attached to an aromatic ring is 1. The molecule has 9 nitrogen and oxygen atoms in total. The Morgan fingerprint density at radius 1 is 0.971 bits per heavy atom. The minimum absolute atomic E-state index is 0.0656. The number of imidazole rings is 1. The zero-order valence-corrected chi connectivity index (χ0v) is 19.2. The number of rotatable bonds is 7. The molecule has 3 amide bonds. The van der Waals surface area contributed by atoms with Crippen molar-refractivity contribution in [2.24, 2.45) is 0 Å². The minimum atomic E-state index is -0.383. The maximum Gasteiger partial charge on any atom is 0.253 e. The van der Waals surface area contributed by atoms with E-state index in [-0.39, 0.29) is 30.7 Å². The maximum atomic E-state index is 12.2. The Bertz CT molecular complexity index is 1490. The Morgan fingerprint density at radius 2 is 1.66 bits per heavy atom. The van der Waals surface area contributed by atoms with Gasteiger partial charge in [0.05, 0.1) is 11.0 Å². The molecule has 9 heteroatoms. The molecule has 0 atom stereocenters. The van der Waals surface area contributed by atoms with Crippen LogP contribution in [0.2, 0.25) is 0 Å². The number of nitrogens with one attached hydrogen (secondary N) is 1. The van der Waals surface area contributed by atoms with Gasteiger partial charge in [0.1, 0.15) is 11.3 Å². The van der Waals surface area contributed by atoms with Crippen LogP contribution in [0.3, 0.4) is 0 Å². The third kappa shape index (κ3) is 4.35. The lowest BCUT2D eigenvalue weighted by molar-refractivity contribution is -0.137. The molecule has 0 saturated carbocycles. The van der Waals surface area contributed by atoms with E-state index in [0.717, 1.165) is 38.3 Å². The monoisotopic (exact) mass is 468 g/mol. The molecular formula is C26H24N6O3. The van der Waals surface area contributed by atoms with Gasteiger partial charge in [-0.2, -0.15) is 0 Å². The van der Waals surface area contributed by atoms with E-state index in [2.05, 4.69) is 19.9 Å². The molecule has 2 aromatic carbocycles. The first-order valence-corrected chi connectivity index (χ1v) is 11.3. The number of aryl methyl sites for hydroxylation is 1. The van der Waals surface area contributed by atoms with Gasteiger partial charge in [-0.15, -0.1) is 0 Å². The SMILES string of the molecule is Cc1nc2c(N)nc3ccccc3c2n1Cc1ccc(CNC(=O)CCN2C(=O)C=CC2=O)cc1. The largest absolute Gasteiger partial charge is 0.382 e. The molecule has 5 rings (SSSR count). The Labute approximate surface area is 201 Å². The molecule has 2 aromatic heterocycles. The van der Waals surface area contributed by atoms with E-state index in [1.165, 1.54) is 12.2 Å². The zero-order chi connectivity index (χ0) is 24.5. The van der Waals surface area contributed by atoms with E-state index in [0.29, 0.717) is 24.4 Å². The lowest BCUT2D eigenvalue weighted by Gasteiger charge is -2.13. The second-order valence-electron chi connectivity index (χ2n) is 8.46. The van der Waals surface area contributed by atoms with Gasteiger partial charge in [-0.05, 0) is 24.1 Å². The van der Waals surface area contributed by atoms with E-state index >= 15 is 0 Å². The van der Waals surface area contributed by atoms with Crippen LogP contribution >= 0.6 is 0 Å². The summed E-state index contributed by atoms with van der Waals surface area (Å²) < 4.78 is 2.14. The predicted molar refractivity (Wildman–Crippen MR) is 132 cm³/mol. The molecule has 3 heterocycles. The van der Waals surface area contributed by atoms with Crippen molar-refractivity contribution in [3.8, 4) is 0 Å². The van der Waals surface area contributed by atoms with Crippen LogP contribution in [0.4, 0.5) is 5.82 Å². The maximum absolute atomic E-state index is 12.2. The van der Waals surface area contributed by atoms with Crippen molar-refractivity contribution in [1.82, 2.24) is 24.8 Å². The van der Waals surface area contributed by atoms with Crippen LogP contribution in [0.25, 0.3) is 21.9 Å². The van der Waals surface area contributed by atoms with Crippen molar-refractivity contribution in [2.75, 3.05) is 12.3 Å². The molecule has 4 aromatic rings. The van der Waals surface area contributed by atoms with Gasteiger partial charge in [-0.1, -0.05) is 42.5 Å². The van der Waals surface area contributed by atoms with E-state index in [1.54, 1.807) is 0 Å². The molecule has 3 N–H and O–H groups in total. The van der Waals surface area contributed by atoms with Crippen molar-refractivity contribution in [2.45, 2.75) is 26.4 Å². The van der Waals surface area contributed by atoms with E-state index in [9.17, 15) is 14.4 Å². The average molecular weight is 469 g/mol. The van der Waals surface area contributed by atoms with Gasteiger partial charge in [0, 0.05) is 43.6 Å². The number of carbonyl (C=O) groups excluding carboxylic acids is 3. The number of hydrogen-bond donors (Lipinski definition) is 2. The number of imide groups is 1. The number of pyridine rings is 1. The number of carbonyl (C=O) groups is 3. The number of para-hydroxylation sites is 1. The molecule has 35 heavy (non-hydrogen) atoms. The summed E-state index contributed by atoms with van der Waals surface area (Å²) in [6.07, 6.45) is 2.49. The van der Waals surface area contributed by atoms with Crippen molar-refractivity contribution in [3.63, 3.8) is 0 Å². The molecule has 0 spiro atoms. The lowest BCUT2D eigenvalue weighted by Crippen LogP contribution is -2.34. The number of aromatic nitrogens is 3. The Kier molecular flexibility index (Phi) is 5.74. The highest BCUT2D eigenvalue weighted by Crippen LogP contribution is 2.29. The summed E-state index contributed by atoms with van der Waals surface area (Å²) >= 11 is 0. The molecule has 0 bridgehead atoms. The molecule has 0 aliphatic carbocycles. The van der Waals surface area contributed by atoms with Gasteiger partial charge >= 0.3 is 0 Å². The van der Waals surface area contributed by atoms with Crippen molar-refractivity contribution < 1.29 is 14.4 Å². The van der Waals surface area contributed by atoms with Crippen LogP contribution in [0.1, 0.15) is 23.4 Å². The second kappa shape index (κ2) is 9.02. The van der Waals surface area contributed by atoms with Gasteiger partial charge in [0.25, 0.3) is 11.8 Å². The molecule has 176 valence electrons. The minimum Gasteiger partial charge on any atom is -0.382 e. The first kappa shape index (κ1) is 22.3. The smallest absolute Gasteiger partial charge is 0.253 e. The highest BCUT2D eigenvalue weighted by molar-refractivity contribution is 6.13. The van der Waals surface area contributed by atoms with Gasteiger partial charge in [0.2, 0.25) is 5.91 Å². The summed E-state index contributed by atoms with van der Waals surface area (Å²) in [7, 11) is 0. The molecule has 0 saturated heterocycles. The van der Waals surface area contributed by atoms with E-state index in [1.807, 2.05) is 55.5 Å². The normalized spacial score (nSPS) is 13.3. The fraction of sp³-hybridized carbons (Fsp3) is 0.192. The van der Waals surface area contributed by atoms with E-state index in [4.69, 9.17) is 5.73 Å². The molecule has 0 unspecified atom stereocenters. The number of hydrogen-bond acceptors (Lipinski definition) is 6. The summed E-state index contributed by atoms with van der Waals surface area (Å²) in [5.41, 5.74) is 10.7. The third-order valence-electron chi connectivity index (χ3n) is 6.12. The first-order chi connectivity index (χ1) is 16.9. The number of nitrogens with two attached hydrogens (primary N) is 1. The molecule has 1 aliphatic rings. The van der Waals surface area contributed by atoms with Gasteiger partial charge in [-0.25, -0.2) is 9.97 Å². The fourth-order valence-electron chi connectivity index (χ4n) is 4.26. The standard InChI is InChI=1S/C26H24N6O3/c1-16-29-24-25(19-4-2-3-5-20(19)30-26(24)27)32(16)15-18-8-6-17(7-9-18)14-28-21(33)12-13-31-22(34)10-11-23(31)35/h2-11H,12-15H2,1H3,(H2,27,30)(H,28,33). The van der Waals surface area contributed by atoms with Crippen molar-refractivity contribution in [3.05, 3.63) is 77.6 Å². The van der Waals surface area contributed by atoms with Gasteiger partial charge < -0.3 is 15.6 Å². The third-order valence-corrected chi connectivity index (χ3v) is 6.12. The lowest BCUT2D eigenvalue weighted by atomic mass is 10.1. The zero-order valence-electron chi connectivity index (χ0n) is 19.2. The number of amides is 3. The summed E-state index contributed by atoms with van der Waals surface area (Å²) in [6, 6.07) is 15.9. The fourth-order valence-corrected chi connectivity index (χ4v) is 4.26. The van der Waals surface area contributed by atoms with Crippen LogP contribution in [0.5, 0.6) is 0 Å². The Hall–Kier alpha value is -4.53. The highest BCUT2D eigenvalue weighted by atomic mass is 16.2. The van der Waals surface area contributed by atoms with Crippen LogP contribution in [0, 0.1) is 6.92 Å². The molecule has 0 radical (unpaired) electrons. The second-order valence-corrected chi connectivity index (χ2v) is 8.46. The van der Waals surface area contributed by atoms with Crippen LogP contribution in [0.15, 0.2) is 60.7 Å². The number of anilines is 1. The molecule has 0 fully saturated rings. The molecular weight excluding hydrogens is 444 g/mol. The van der Waals surface area contributed by atoms with Crippen molar-refractivity contribution >= 4 is 45.5 Å². The summed E-state index contributed by atoms with van der Waals surface area (Å²) in [4.78, 5) is 45.5. The van der Waals surface area contributed by atoms with Crippen LogP contribution in [-0.2, 0) is 27.5 Å². The number of nitrogens with zero attached hydrogens (tertiary/aromatic N) is 4. The average Bonchev–Trinajstić information content (AvgIpc) is 3.36. The number of benzene rings is 2. The van der Waals surface area contributed by atoms with Gasteiger partial charge in [0.15, 0.2) is 5.82 Å². The summed E-state index contributed by atoms with van der Waals surface area (Å²) in [5, 5.41) is 3.84. The van der Waals surface area contributed by atoms with Gasteiger partial charge in [-0.3, -0.25) is 19.3 Å².